The quantitative estimate of drug-likeness (QED) is 0.835. The molecule has 0 bridgehead atoms. The van der Waals surface area contributed by atoms with Crippen LogP contribution in [0.5, 0.6) is 0 Å². The highest BCUT2D eigenvalue weighted by Crippen LogP contribution is 2.38. The highest BCUT2D eigenvalue weighted by Gasteiger charge is 2.29. The van der Waals surface area contributed by atoms with Crippen LogP contribution in [-0.2, 0) is 9.53 Å². The molecule has 1 heterocycles. The summed E-state index contributed by atoms with van der Waals surface area (Å²) in [5.74, 6) is -0.618. The van der Waals surface area contributed by atoms with Gasteiger partial charge in [-0.3, -0.25) is 4.79 Å². The molecule has 1 amide bonds. The molecule has 3 rings (SSSR count). The van der Waals surface area contributed by atoms with E-state index in [1.165, 1.54) is 12.8 Å². The number of aromatic nitrogens is 1. The van der Waals surface area contributed by atoms with E-state index in [0.29, 0.717) is 17.6 Å². The van der Waals surface area contributed by atoms with Crippen molar-refractivity contribution in [3.8, 4) is 0 Å². The van der Waals surface area contributed by atoms with Crippen LogP contribution in [0.4, 0.5) is 0 Å². The zero-order valence-corrected chi connectivity index (χ0v) is 11.9. The zero-order chi connectivity index (χ0) is 14.3. The lowest BCUT2D eigenvalue weighted by Gasteiger charge is -2.08. The van der Waals surface area contributed by atoms with E-state index in [1.807, 2.05) is 19.9 Å². The Morgan fingerprint density at radius 2 is 2.00 bits per heavy atom. The van der Waals surface area contributed by atoms with Gasteiger partial charge < -0.3 is 14.6 Å². The van der Waals surface area contributed by atoms with Crippen molar-refractivity contribution in [2.24, 2.45) is 0 Å². The predicted octanol–water partition coefficient (Wildman–Crippen LogP) is 1.88. The van der Waals surface area contributed by atoms with Gasteiger partial charge in [-0.25, -0.2) is 4.79 Å². The molecule has 0 spiro atoms. The molecule has 2 aliphatic carbocycles. The molecule has 5 heteroatoms. The number of carbonyl (C=O) groups excluding carboxylic acids is 2. The fraction of sp³-hybridized carbons (Fsp3) is 0.600. The number of nitrogens with zero attached hydrogens (tertiary/aromatic N) is 1. The second-order valence-electron chi connectivity index (χ2n) is 5.80. The van der Waals surface area contributed by atoms with Crippen LogP contribution >= 0.6 is 0 Å². The highest BCUT2D eigenvalue weighted by atomic mass is 16.5. The largest absolute Gasteiger partial charge is 0.452 e. The number of aryl methyl sites for hydroxylation is 1. The Bertz CT molecular complexity index is 554. The van der Waals surface area contributed by atoms with E-state index >= 15 is 0 Å². The van der Waals surface area contributed by atoms with Gasteiger partial charge in [0.2, 0.25) is 0 Å². The molecule has 1 aromatic heterocycles. The zero-order valence-electron chi connectivity index (χ0n) is 11.9. The van der Waals surface area contributed by atoms with Crippen LogP contribution in [0, 0.1) is 13.8 Å². The lowest BCUT2D eigenvalue weighted by molar-refractivity contribution is -0.124. The van der Waals surface area contributed by atoms with Crippen LogP contribution in [0.2, 0.25) is 0 Å². The van der Waals surface area contributed by atoms with Crippen LogP contribution in [-0.4, -0.2) is 29.1 Å². The molecular weight excluding hydrogens is 256 g/mol. The number of carbonyl (C=O) groups is 2. The minimum absolute atomic E-state index is 0.192. The summed E-state index contributed by atoms with van der Waals surface area (Å²) < 4.78 is 7.30. The molecular formula is C15H20N2O3. The fourth-order valence-electron chi connectivity index (χ4n) is 2.58. The van der Waals surface area contributed by atoms with Gasteiger partial charge in [0.05, 0.1) is 5.56 Å². The van der Waals surface area contributed by atoms with Crippen LogP contribution in [0.15, 0.2) is 6.07 Å². The van der Waals surface area contributed by atoms with E-state index in [-0.39, 0.29) is 12.5 Å². The van der Waals surface area contributed by atoms with Crippen molar-refractivity contribution >= 4 is 11.9 Å². The minimum atomic E-state index is -0.407. The Labute approximate surface area is 118 Å². The third-order valence-electron chi connectivity index (χ3n) is 3.89. The van der Waals surface area contributed by atoms with E-state index in [1.54, 1.807) is 0 Å². The van der Waals surface area contributed by atoms with E-state index < -0.39 is 5.97 Å². The van der Waals surface area contributed by atoms with Gasteiger partial charge in [-0.05, 0) is 45.6 Å². The lowest BCUT2D eigenvalue weighted by Crippen LogP contribution is -2.30. The second-order valence-corrected chi connectivity index (χ2v) is 5.80. The van der Waals surface area contributed by atoms with Crippen LogP contribution in [0.3, 0.4) is 0 Å². The van der Waals surface area contributed by atoms with Crippen molar-refractivity contribution in [2.75, 3.05) is 6.61 Å². The molecule has 0 atom stereocenters. The molecule has 0 aliphatic heterocycles. The first-order chi connectivity index (χ1) is 9.56. The molecule has 5 nitrogen and oxygen atoms in total. The number of esters is 1. The summed E-state index contributed by atoms with van der Waals surface area (Å²) in [5, 5.41) is 2.80. The predicted molar refractivity (Wildman–Crippen MR) is 73.6 cm³/mol. The molecule has 2 fully saturated rings. The summed E-state index contributed by atoms with van der Waals surface area (Å²) in [7, 11) is 0. The third kappa shape index (κ3) is 2.71. The molecule has 0 unspecified atom stereocenters. The number of nitrogens with one attached hydrogen (secondary N) is 1. The fourth-order valence-corrected chi connectivity index (χ4v) is 2.58. The molecule has 0 radical (unpaired) electrons. The lowest BCUT2D eigenvalue weighted by atomic mass is 10.2. The van der Waals surface area contributed by atoms with Crippen molar-refractivity contribution in [1.29, 1.82) is 0 Å². The molecule has 0 aromatic carbocycles. The van der Waals surface area contributed by atoms with Gasteiger partial charge in [-0.1, -0.05) is 0 Å². The number of hydrogen-bond donors (Lipinski definition) is 1. The van der Waals surface area contributed by atoms with E-state index in [0.717, 1.165) is 24.2 Å². The van der Waals surface area contributed by atoms with E-state index in [9.17, 15) is 9.59 Å². The summed E-state index contributed by atoms with van der Waals surface area (Å²) in [6.07, 6.45) is 4.41. The molecule has 20 heavy (non-hydrogen) atoms. The van der Waals surface area contributed by atoms with Gasteiger partial charge in [0.15, 0.2) is 6.61 Å². The number of amides is 1. The van der Waals surface area contributed by atoms with Crippen LogP contribution in [0.25, 0.3) is 0 Å². The van der Waals surface area contributed by atoms with E-state index in [4.69, 9.17) is 4.74 Å². The molecule has 2 saturated carbocycles. The third-order valence-corrected chi connectivity index (χ3v) is 3.89. The van der Waals surface area contributed by atoms with Crippen LogP contribution in [0.1, 0.15) is 53.5 Å². The SMILES string of the molecule is Cc1cc(C(=O)OCC(=O)NC2CC2)c(C)n1C1CC1. The monoisotopic (exact) mass is 276 g/mol. The molecule has 108 valence electrons. The average molecular weight is 276 g/mol. The van der Waals surface area contributed by atoms with Crippen molar-refractivity contribution < 1.29 is 14.3 Å². The Morgan fingerprint density at radius 1 is 1.30 bits per heavy atom. The van der Waals surface area contributed by atoms with Crippen LogP contribution < -0.4 is 5.32 Å². The second kappa shape index (κ2) is 4.96. The molecule has 0 saturated heterocycles. The maximum absolute atomic E-state index is 12.1. The van der Waals surface area contributed by atoms with Gasteiger partial charge in [-0.2, -0.15) is 0 Å². The van der Waals surface area contributed by atoms with Gasteiger partial charge in [0.25, 0.3) is 5.91 Å². The van der Waals surface area contributed by atoms with Crippen molar-refractivity contribution in [3.63, 3.8) is 0 Å². The normalized spacial score (nSPS) is 17.9. The Balaban J connectivity index is 1.61. The van der Waals surface area contributed by atoms with E-state index in [2.05, 4.69) is 9.88 Å². The first kappa shape index (κ1) is 13.2. The Hall–Kier alpha value is -1.78. The molecule has 1 aromatic rings. The van der Waals surface area contributed by atoms with Gasteiger partial charge in [-0.15, -0.1) is 0 Å². The Kier molecular flexibility index (Phi) is 3.28. The minimum Gasteiger partial charge on any atom is -0.452 e. The Morgan fingerprint density at radius 3 is 2.60 bits per heavy atom. The number of ether oxygens (including phenoxy) is 1. The van der Waals surface area contributed by atoms with Crippen molar-refractivity contribution in [2.45, 2.75) is 51.6 Å². The summed E-state index contributed by atoms with van der Waals surface area (Å²) in [5.41, 5.74) is 2.60. The van der Waals surface area contributed by atoms with Crippen molar-refractivity contribution in [3.05, 3.63) is 23.0 Å². The molecule has 1 N–H and O–H groups in total. The summed E-state index contributed by atoms with van der Waals surface area (Å²) in [6, 6.07) is 2.69. The highest BCUT2D eigenvalue weighted by molar-refractivity contribution is 5.92. The first-order valence-corrected chi connectivity index (χ1v) is 7.21. The topological polar surface area (TPSA) is 60.3 Å². The maximum atomic E-state index is 12.1. The van der Waals surface area contributed by atoms with Gasteiger partial charge in [0.1, 0.15) is 0 Å². The summed E-state index contributed by atoms with van der Waals surface area (Å²) >= 11 is 0. The van der Waals surface area contributed by atoms with Crippen molar-refractivity contribution in [1.82, 2.24) is 9.88 Å². The smallest absolute Gasteiger partial charge is 0.340 e. The number of hydrogen-bond acceptors (Lipinski definition) is 3. The average Bonchev–Trinajstić information content (AvgIpc) is 3.29. The molecule has 2 aliphatic rings. The number of rotatable bonds is 5. The first-order valence-electron chi connectivity index (χ1n) is 7.21. The summed E-state index contributed by atoms with van der Waals surface area (Å²) in [6.45, 7) is 3.75. The van der Waals surface area contributed by atoms with Gasteiger partial charge in [0, 0.05) is 23.5 Å². The maximum Gasteiger partial charge on any atom is 0.340 e. The van der Waals surface area contributed by atoms with Gasteiger partial charge >= 0.3 is 5.97 Å². The standard InChI is InChI=1S/C15H20N2O3/c1-9-7-13(10(2)17(9)12-5-6-12)15(19)20-8-14(18)16-11-3-4-11/h7,11-12H,3-6,8H2,1-2H3,(H,16,18). The summed E-state index contributed by atoms with van der Waals surface area (Å²) in [4.78, 5) is 23.6.